The summed E-state index contributed by atoms with van der Waals surface area (Å²) in [5, 5.41) is 0. The van der Waals surface area contributed by atoms with Gasteiger partial charge in [-0.15, -0.1) is 0 Å². The number of rotatable bonds is 4. The second-order valence-electron chi connectivity index (χ2n) is 5.62. The number of fused-ring (bicyclic) bond motifs is 1. The predicted octanol–water partition coefficient (Wildman–Crippen LogP) is 3.68. The molecular weight excluding hydrogens is 328 g/mol. The van der Waals surface area contributed by atoms with E-state index in [1.165, 1.54) is 24.7 Å². The SMILES string of the molecule is CCC(c1cc(S(=O)(=O)[O-])ccc1C)c1cccc2c1OC=CO2. The second-order valence-corrected chi connectivity index (χ2v) is 7.00. The van der Waals surface area contributed by atoms with Crippen molar-refractivity contribution < 1.29 is 22.4 Å². The predicted molar refractivity (Wildman–Crippen MR) is 88.1 cm³/mol. The lowest BCUT2D eigenvalue weighted by atomic mass is 9.86. The van der Waals surface area contributed by atoms with Crippen molar-refractivity contribution in [1.29, 1.82) is 0 Å². The van der Waals surface area contributed by atoms with E-state index in [0.29, 0.717) is 17.9 Å². The zero-order valence-corrected chi connectivity index (χ0v) is 14.2. The molecule has 1 unspecified atom stereocenters. The minimum absolute atomic E-state index is 0.114. The van der Waals surface area contributed by atoms with Gasteiger partial charge in [0, 0.05) is 11.5 Å². The monoisotopic (exact) mass is 345 g/mol. The molecule has 0 radical (unpaired) electrons. The van der Waals surface area contributed by atoms with Gasteiger partial charge in [-0.1, -0.05) is 25.1 Å². The molecule has 0 spiro atoms. The van der Waals surface area contributed by atoms with Gasteiger partial charge >= 0.3 is 0 Å². The number of aryl methyl sites for hydroxylation is 1. The zero-order chi connectivity index (χ0) is 17.3. The Bertz CT molecular complexity index is 900. The molecule has 1 aliphatic heterocycles. The summed E-state index contributed by atoms with van der Waals surface area (Å²) in [5.41, 5.74) is 2.60. The normalized spacial score (nSPS) is 14.5. The molecule has 3 rings (SSSR count). The van der Waals surface area contributed by atoms with Crippen LogP contribution in [0.1, 0.15) is 36.0 Å². The molecule has 1 heterocycles. The van der Waals surface area contributed by atoms with E-state index in [0.717, 1.165) is 16.7 Å². The molecule has 2 aromatic carbocycles. The first-order valence-electron chi connectivity index (χ1n) is 7.59. The molecule has 126 valence electrons. The largest absolute Gasteiger partial charge is 0.744 e. The van der Waals surface area contributed by atoms with Crippen LogP contribution in [-0.2, 0) is 10.1 Å². The Balaban J connectivity index is 2.15. The minimum atomic E-state index is -4.50. The number of hydrogen-bond acceptors (Lipinski definition) is 5. The Labute approximate surface area is 141 Å². The Morgan fingerprint density at radius 1 is 1.08 bits per heavy atom. The third-order valence-corrected chi connectivity index (χ3v) is 4.98. The quantitative estimate of drug-likeness (QED) is 0.790. The topological polar surface area (TPSA) is 75.7 Å². The zero-order valence-electron chi connectivity index (χ0n) is 13.4. The van der Waals surface area contributed by atoms with E-state index >= 15 is 0 Å². The first kappa shape index (κ1) is 16.5. The number of hydrogen-bond donors (Lipinski definition) is 0. The summed E-state index contributed by atoms with van der Waals surface area (Å²) in [7, 11) is -4.50. The van der Waals surface area contributed by atoms with E-state index in [1.807, 2.05) is 26.0 Å². The van der Waals surface area contributed by atoms with Gasteiger partial charge in [0.2, 0.25) is 0 Å². The van der Waals surface area contributed by atoms with Crippen LogP contribution >= 0.6 is 0 Å². The van der Waals surface area contributed by atoms with E-state index < -0.39 is 10.1 Å². The van der Waals surface area contributed by atoms with Crippen LogP contribution in [0.4, 0.5) is 0 Å². The molecule has 1 atom stereocenters. The summed E-state index contributed by atoms with van der Waals surface area (Å²) < 4.78 is 45.2. The Morgan fingerprint density at radius 3 is 2.54 bits per heavy atom. The molecule has 24 heavy (non-hydrogen) atoms. The molecule has 0 fully saturated rings. The van der Waals surface area contributed by atoms with Crippen molar-refractivity contribution in [3.05, 3.63) is 65.6 Å². The summed E-state index contributed by atoms with van der Waals surface area (Å²) in [5.74, 6) is 1.11. The maximum absolute atomic E-state index is 11.4. The molecule has 6 heteroatoms. The van der Waals surface area contributed by atoms with Gasteiger partial charge in [0.25, 0.3) is 0 Å². The van der Waals surface area contributed by atoms with E-state index in [9.17, 15) is 13.0 Å². The van der Waals surface area contributed by atoms with Gasteiger partial charge in [-0.25, -0.2) is 8.42 Å². The van der Waals surface area contributed by atoms with Crippen molar-refractivity contribution in [2.45, 2.75) is 31.1 Å². The summed E-state index contributed by atoms with van der Waals surface area (Å²) >= 11 is 0. The van der Waals surface area contributed by atoms with Crippen LogP contribution in [0.2, 0.25) is 0 Å². The molecule has 0 aromatic heterocycles. The average Bonchev–Trinajstić information content (AvgIpc) is 2.56. The molecule has 2 aromatic rings. The van der Waals surface area contributed by atoms with Gasteiger partial charge in [-0.3, -0.25) is 0 Å². The summed E-state index contributed by atoms with van der Waals surface area (Å²) in [4.78, 5) is -0.219. The highest BCUT2D eigenvalue weighted by molar-refractivity contribution is 7.85. The molecule has 0 saturated heterocycles. The van der Waals surface area contributed by atoms with Crippen LogP contribution in [-0.4, -0.2) is 13.0 Å². The van der Waals surface area contributed by atoms with E-state index in [-0.39, 0.29) is 10.8 Å². The lowest BCUT2D eigenvalue weighted by molar-refractivity contribution is 0.357. The smallest absolute Gasteiger partial charge is 0.172 e. The summed E-state index contributed by atoms with van der Waals surface area (Å²) in [6.07, 6.45) is 3.64. The highest BCUT2D eigenvalue weighted by Gasteiger charge is 2.23. The van der Waals surface area contributed by atoms with Gasteiger partial charge in [-0.2, -0.15) is 0 Å². The highest BCUT2D eigenvalue weighted by atomic mass is 32.2. The maximum Gasteiger partial charge on any atom is 0.172 e. The van der Waals surface area contributed by atoms with Crippen LogP contribution in [0.25, 0.3) is 0 Å². The average molecular weight is 345 g/mol. The lowest BCUT2D eigenvalue weighted by Crippen LogP contribution is -2.08. The number of ether oxygens (including phenoxy) is 2. The van der Waals surface area contributed by atoms with Gasteiger partial charge in [0.05, 0.1) is 4.90 Å². The molecule has 0 aliphatic carbocycles. The lowest BCUT2D eigenvalue weighted by Gasteiger charge is -2.24. The van der Waals surface area contributed by atoms with Crippen LogP contribution in [0, 0.1) is 6.92 Å². The Morgan fingerprint density at radius 2 is 1.83 bits per heavy atom. The van der Waals surface area contributed by atoms with Crippen LogP contribution in [0.15, 0.2) is 53.8 Å². The third kappa shape index (κ3) is 3.02. The van der Waals surface area contributed by atoms with Crippen LogP contribution in [0.3, 0.4) is 0 Å². The van der Waals surface area contributed by atoms with Crippen molar-refractivity contribution in [2.24, 2.45) is 0 Å². The fourth-order valence-electron chi connectivity index (χ4n) is 2.98. The van der Waals surface area contributed by atoms with Crippen molar-refractivity contribution in [3.8, 4) is 11.5 Å². The van der Waals surface area contributed by atoms with Gasteiger partial charge < -0.3 is 14.0 Å². The molecule has 1 aliphatic rings. The fourth-order valence-corrected chi connectivity index (χ4v) is 3.49. The third-order valence-electron chi connectivity index (χ3n) is 4.14. The second kappa shape index (κ2) is 6.30. The van der Waals surface area contributed by atoms with Crippen molar-refractivity contribution in [3.63, 3.8) is 0 Å². The highest BCUT2D eigenvalue weighted by Crippen LogP contribution is 2.42. The summed E-state index contributed by atoms with van der Waals surface area (Å²) in [6, 6.07) is 10.1. The standard InChI is InChI=1S/C18H18O5S/c1-3-14(15-5-4-6-17-18(15)23-10-9-22-17)16-11-13(24(19,20)21)8-7-12(16)2/h4-11,14H,3H2,1-2H3,(H,19,20,21)/p-1. The number of para-hydroxylation sites is 1. The molecule has 0 saturated carbocycles. The minimum Gasteiger partial charge on any atom is -0.744 e. The first-order chi connectivity index (χ1) is 11.4. The maximum atomic E-state index is 11.4. The fraction of sp³-hybridized carbons (Fsp3) is 0.222. The molecule has 5 nitrogen and oxygen atoms in total. The first-order valence-corrected chi connectivity index (χ1v) is 9.00. The Hall–Kier alpha value is -2.31. The van der Waals surface area contributed by atoms with Crippen LogP contribution < -0.4 is 9.47 Å². The van der Waals surface area contributed by atoms with Gasteiger partial charge in [-0.05, 0) is 42.7 Å². The molecule has 0 N–H and O–H groups in total. The molecule has 0 amide bonds. The van der Waals surface area contributed by atoms with E-state index in [4.69, 9.17) is 9.47 Å². The Kier molecular flexibility index (Phi) is 4.34. The van der Waals surface area contributed by atoms with Crippen molar-refractivity contribution in [2.75, 3.05) is 0 Å². The van der Waals surface area contributed by atoms with Crippen molar-refractivity contribution in [1.82, 2.24) is 0 Å². The summed E-state index contributed by atoms with van der Waals surface area (Å²) in [6.45, 7) is 3.90. The van der Waals surface area contributed by atoms with Crippen molar-refractivity contribution >= 4 is 10.1 Å². The van der Waals surface area contributed by atoms with Gasteiger partial charge in [0.1, 0.15) is 22.6 Å². The van der Waals surface area contributed by atoms with Crippen LogP contribution in [0.5, 0.6) is 11.5 Å². The van der Waals surface area contributed by atoms with E-state index in [1.54, 1.807) is 12.1 Å². The molecule has 0 bridgehead atoms. The van der Waals surface area contributed by atoms with Gasteiger partial charge in [0.15, 0.2) is 11.5 Å². The molecular formula is C18H17O5S-. The van der Waals surface area contributed by atoms with E-state index in [2.05, 4.69) is 0 Å². The number of benzene rings is 2.